The number of esters is 1. The molecule has 0 aliphatic rings. The molecule has 0 radical (unpaired) electrons. The quantitative estimate of drug-likeness (QED) is 0.857. The summed E-state index contributed by atoms with van der Waals surface area (Å²) in [5.41, 5.74) is 8.89. The first-order chi connectivity index (χ1) is 9.51. The van der Waals surface area contributed by atoms with Crippen LogP contribution in [0.5, 0.6) is 0 Å². The normalized spacial score (nSPS) is 10.6. The minimum Gasteiger partial charge on any atom is -0.456 e. The number of rotatable bonds is 4. The van der Waals surface area contributed by atoms with Crippen molar-refractivity contribution in [1.29, 1.82) is 0 Å². The second kappa shape index (κ2) is 5.73. The first kappa shape index (κ1) is 14.0. The summed E-state index contributed by atoms with van der Waals surface area (Å²) in [6, 6.07) is 3.50. The number of nitrogens with two attached hydrogens (primary N) is 1. The molecule has 0 fully saturated rings. The Morgan fingerprint density at radius 1 is 1.45 bits per heavy atom. The number of aromatic nitrogens is 3. The number of hydrogen-bond acceptors (Lipinski definition) is 5. The van der Waals surface area contributed by atoms with Gasteiger partial charge in [0.25, 0.3) is 0 Å². The van der Waals surface area contributed by atoms with Crippen molar-refractivity contribution < 1.29 is 9.53 Å². The average molecular weight is 274 g/mol. The van der Waals surface area contributed by atoms with E-state index in [1.165, 1.54) is 6.20 Å². The predicted molar refractivity (Wildman–Crippen MR) is 75.1 cm³/mol. The fourth-order valence-corrected chi connectivity index (χ4v) is 1.85. The number of nitrogens with zero attached hydrogens (tertiary/aromatic N) is 3. The van der Waals surface area contributed by atoms with Crippen LogP contribution in [-0.4, -0.2) is 20.7 Å². The third-order valence-electron chi connectivity index (χ3n) is 3.07. The van der Waals surface area contributed by atoms with Gasteiger partial charge in [0.1, 0.15) is 6.61 Å². The van der Waals surface area contributed by atoms with Crippen LogP contribution in [-0.2, 0) is 24.8 Å². The van der Waals surface area contributed by atoms with Crippen LogP contribution < -0.4 is 5.73 Å². The van der Waals surface area contributed by atoms with Crippen LogP contribution in [0.3, 0.4) is 0 Å². The second-order valence-corrected chi connectivity index (χ2v) is 4.58. The Kier molecular flexibility index (Phi) is 4.02. The van der Waals surface area contributed by atoms with E-state index in [0.717, 1.165) is 17.8 Å². The number of hydrogen-bond donors (Lipinski definition) is 1. The molecule has 106 valence electrons. The van der Waals surface area contributed by atoms with Crippen LogP contribution >= 0.6 is 0 Å². The number of carbonyl (C=O) groups is 1. The van der Waals surface area contributed by atoms with E-state index in [-0.39, 0.29) is 6.61 Å². The molecule has 6 heteroatoms. The van der Waals surface area contributed by atoms with Crippen LogP contribution in [0.25, 0.3) is 0 Å². The molecular formula is C14H18N4O2. The summed E-state index contributed by atoms with van der Waals surface area (Å²) in [5.74, 6) is -0.429. The van der Waals surface area contributed by atoms with E-state index in [2.05, 4.69) is 10.1 Å². The van der Waals surface area contributed by atoms with E-state index in [1.807, 2.05) is 20.0 Å². The molecule has 0 unspecified atom stereocenters. The lowest BCUT2D eigenvalue weighted by atomic mass is 10.2. The van der Waals surface area contributed by atoms with E-state index in [0.29, 0.717) is 16.9 Å². The molecule has 0 aliphatic heterocycles. The summed E-state index contributed by atoms with van der Waals surface area (Å²) in [7, 11) is 1.83. The van der Waals surface area contributed by atoms with Gasteiger partial charge in [-0.05, 0) is 25.5 Å². The van der Waals surface area contributed by atoms with E-state index >= 15 is 0 Å². The van der Waals surface area contributed by atoms with E-state index in [9.17, 15) is 4.79 Å². The molecule has 2 rings (SSSR count). The maximum atomic E-state index is 12.0. The van der Waals surface area contributed by atoms with Gasteiger partial charge in [-0.2, -0.15) is 5.10 Å². The molecular weight excluding hydrogens is 256 g/mol. The van der Waals surface area contributed by atoms with Crippen molar-refractivity contribution in [2.45, 2.75) is 26.9 Å². The van der Waals surface area contributed by atoms with E-state index in [4.69, 9.17) is 10.5 Å². The highest BCUT2D eigenvalue weighted by Gasteiger charge is 2.13. The highest BCUT2D eigenvalue weighted by atomic mass is 16.5. The van der Waals surface area contributed by atoms with Crippen molar-refractivity contribution >= 4 is 11.7 Å². The molecule has 0 spiro atoms. The van der Waals surface area contributed by atoms with Crippen molar-refractivity contribution in [3.63, 3.8) is 0 Å². The molecule has 0 saturated carbocycles. The molecule has 20 heavy (non-hydrogen) atoms. The van der Waals surface area contributed by atoms with Gasteiger partial charge < -0.3 is 10.5 Å². The zero-order chi connectivity index (χ0) is 14.7. The number of anilines is 1. The monoisotopic (exact) mass is 274 g/mol. The molecule has 2 aromatic heterocycles. The lowest BCUT2D eigenvalue weighted by Crippen LogP contribution is -2.10. The van der Waals surface area contributed by atoms with Gasteiger partial charge in [-0.15, -0.1) is 0 Å². The van der Waals surface area contributed by atoms with Crippen molar-refractivity contribution in [2.24, 2.45) is 7.05 Å². The van der Waals surface area contributed by atoms with Crippen LogP contribution in [0, 0.1) is 6.92 Å². The number of nitrogen functional groups attached to an aromatic ring is 1. The molecule has 0 amide bonds. The van der Waals surface area contributed by atoms with Gasteiger partial charge in [0.2, 0.25) is 0 Å². The van der Waals surface area contributed by atoms with Crippen LogP contribution in [0.1, 0.15) is 34.4 Å². The van der Waals surface area contributed by atoms with Gasteiger partial charge in [0.05, 0.1) is 34.5 Å². The highest BCUT2D eigenvalue weighted by molar-refractivity contribution is 5.91. The Hall–Kier alpha value is -2.37. The molecule has 2 heterocycles. The number of pyridine rings is 1. The van der Waals surface area contributed by atoms with Gasteiger partial charge in [0, 0.05) is 7.05 Å². The molecule has 0 atom stereocenters. The average Bonchev–Trinajstić information content (AvgIpc) is 2.79. The van der Waals surface area contributed by atoms with Crippen molar-refractivity contribution in [2.75, 3.05) is 5.73 Å². The summed E-state index contributed by atoms with van der Waals surface area (Å²) in [4.78, 5) is 16.1. The Balaban J connectivity index is 2.08. The Morgan fingerprint density at radius 2 is 2.20 bits per heavy atom. The molecule has 2 N–H and O–H groups in total. The molecule has 0 aliphatic carbocycles. The van der Waals surface area contributed by atoms with Crippen LogP contribution in [0.4, 0.5) is 5.69 Å². The Morgan fingerprint density at radius 3 is 2.85 bits per heavy atom. The Labute approximate surface area is 117 Å². The smallest absolute Gasteiger partial charge is 0.340 e. The molecule has 0 bridgehead atoms. The second-order valence-electron chi connectivity index (χ2n) is 4.58. The number of aryl methyl sites for hydroxylation is 3. The summed E-state index contributed by atoms with van der Waals surface area (Å²) >= 11 is 0. The molecule has 0 aromatic carbocycles. The first-order valence-corrected chi connectivity index (χ1v) is 6.42. The maximum absolute atomic E-state index is 12.0. The highest BCUT2D eigenvalue weighted by Crippen LogP contribution is 2.13. The number of ether oxygens (including phenoxy) is 1. The van der Waals surface area contributed by atoms with Gasteiger partial charge in [-0.1, -0.05) is 6.92 Å². The van der Waals surface area contributed by atoms with Gasteiger partial charge in [0.15, 0.2) is 0 Å². The molecule has 0 saturated heterocycles. The lowest BCUT2D eigenvalue weighted by molar-refractivity contribution is 0.0462. The van der Waals surface area contributed by atoms with Gasteiger partial charge in [-0.3, -0.25) is 9.67 Å². The minimum absolute atomic E-state index is 0.177. The van der Waals surface area contributed by atoms with Crippen molar-refractivity contribution in [3.8, 4) is 0 Å². The van der Waals surface area contributed by atoms with Gasteiger partial charge in [-0.25, -0.2) is 4.79 Å². The largest absolute Gasteiger partial charge is 0.456 e. The zero-order valence-electron chi connectivity index (χ0n) is 11.9. The summed E-state index contributed by atoms with van der Waals surface area (Å²) in [6.45, 7) is 3.95. The maximum Gasteiger partial charge on any atom is 0.340 e. The standard InChI is InChI=1S/C14H18N4O2/c1-4-11-6-12(18(3)17-11)8-20-14(19)13-5-10(15)7-16-9(13)2/h5-7H,4,8,15H2,1-3H3. The third kappa shape index (κ3) is 2.96. The van der Waals surface area contributed by atoms with Crippen LogP contribution in [0.15, 0.2) is 18.3 Å². The van der Waals surface area contributed by atoms with Crippen LogP contribution in [0.2, 0.25) is 0 Å². The zero-order valence-corrected chi connectivity index (χ0v) is 11.9. The van der Waals surface area contributed by atoms with Gasteiger partial charge >= 0.3 is 5.97 Å². The van der Waals surface area contributed by atoms with Crippen molar-refractivity contribution in [1.82, 2.24) is 14.8 Å². The van der Waals surface area contributed by atoms with Crippen molar-refractivity contribution in [3.05, 3.63) is 41.0 Å². The first-order valence-electron chi connectivity index (χ1n) is 6.42. The van der Waals surface area contributed by atoms with E-state index in [1.54, 1.807) is 17.7 Å². The fourth-order valence-electron chi connectivity index (χ4n) is 1.85. The third-order valence-corrected chi connectivity index (χ3v) is 3.07. The summed E-state index contributed by atoms with van der Waals surface area (Å²) in [6.07, 6.45) is 2.36. The minimum atomic E-state index is -0.429. The van der Waals surface area contributed by atoms with E-state index < -0.39 is 5.97 Å². The molecule has 2 aromatic rings. The predicted octanol–water partition coefficient (Wildman–Crippen LogP) is 1.63. The summed E-state index contributed by atoms with van der Waals surface area (Å²) < 4.78 is 7.01. The topological polar surface area (TPSA) is 83.0 Å². The summed E-state index contributed by atoms with van der Waals surface area (Å²) in [5, 5.41) is 4.30. The number of carbonyl (C=O) groups excluding carboxylic acids is 1. The Bertz CT molecular complexity index is 634. The molecule has 6 nitrogen and oxygen atoms in total. The lowest BCUT2D eigenvalue weighted by Gasteiger charge is -2.07. The SMILES string of the molecule is CCc1cc(COC(=O)c2cc(N)cnc2C)n(C)n1. The fraction of sp³-hybridized carbons (Fsp3) is 0.357.